The molecule has 2 saturated heterocycles. The van der Waals surface area contributed by atoms with E-state index in [1.807, 2.05) is 0 Å². The molecule has 21 heteroatoms. The predicted molar refractivity (Wildman–Crippen MR) is 232 cm³/mol. The molecule has 2 fully saturated rings. The second-order valence-electron chi connectivity index (χ2n) is 15.8. The number of phenols is 3. The number of phenolic OH excluding ortho intramolecular Hbond substituents is 3. The van der Waals surface area contributed by atoms with Crippen molar-refractivity contribution in [3.63, 3.8) is 0 Å². The van der Waals surface area contributed by atoms with Crippen LogP contribution in [0.1, 0.15) is 6.92 Å². The number of hydrogen-bond donors (Lipinski definition) is 10. The van der Waals surface area contributed by atoms with Gasteiger partial charge in [-0.2, -0.15) is 0 Å². The fraction of sp³-hybridized carbons (Fsp3) is 0.326. The fourth-order valence-corrected chi connectivity index (χ4v) is 8.15. The average Bonchev–Trinajstić information content (AvgIpc) is 3.30. The monoisotopic (exact) mass is 931 g/mol. The molecule has 4 aromatic carbocycles. The molecule has 6 aromatic rings. The summed E-state index contributed by atoms with van der Waals surface area (Å²) in [6.45, 7) is -0.589. The zero-order valence-electron chi connectivity index (χ0n) is 35.6. The summed E-state index contributed by atoms with van der Waals surface area (Å²) < 4.78 is 47.5. The van der Waals surface area contributed by atoms with Gasteiger partial charge in [0, 0.05) is 53.9 Å². The standard InChI is InChI=1S/C46H45NO20/c1-18(50)47-38-40(57)43(67-46-42(59)41(58)39(56)33(16-48)65-46)34(17-49)66-45(38)64-32-15-27(55)37-26(54)14-29(19-4-7-21(51)8-5-19)63-44(37)35(32)23-10-20(6-9-28(23)61-3)30-13-25(53)36-24(52)11-22(60-2)12-31(36)62-30/h4-15,33-34,38-43,45-46,48-49,51-52,55-59H,16-17H2,1-3H3,(H,47,50)/t33-,34-,38-,39+,40-,41+,42-,43-,45-,46+/m1/s1. The zero-order valence-corrected chi connectivity index (χ0v) is 35.6. The third-order valence-electron chi connectivity index (χ3n) is 11.5. The summed E-state index contributed by atoms with van der Waals surface area (Å²) >= 11 is 0. The lowest BCUT2D eigenvalue weighted by Crippen LogP contribution is -2.68. The van der Waals surface area contributed by atoms with Crippen molar-refractivity contribution in [1.29, 1.82) is 0 Å². The summed E-state index contributed by atoms with van der Waals surface area (Å²) in [5.41, 5.74) is -1.13. The van der Waals surface area contributed by atoms with Gasteiger partial charge >= 0.3 is 0 Å². The van der Waals surface area contributed by atoms with Gasteiger partial charge in [0.15, 0.2) is 22.7 Å². The summed E-state index contributed by atoms with van der Waals surface area (Å²) in [5, 5.41) is 97.9. The van der Waals surface area contributed by atoms with Crippen LogP contribution in [0, 0.1) is 0 Å². The fourth-order valence-electron chi connectivity index (χ4n) is 8.15. The van der Waals surface area contributed by atoms with Crippen molar-refractivity contribution in [1.82, 2.24) is 5.32 Å². The highest BCUT2D eigenvalue weighted by Crippen LogP contribution is 2.47. The number of carbonyl (C=O) groups excluding carboxylic acids is 1. The van der Waals surface area contributed by atoms with Crippen LogP contribution in [0.4, 0.5) is 0 Å². The molecule has 354 valence electrons. The second-order valence-corrected chi connectivity index (χ2v) is 15.8. The summed E-state index contributed by atoms with van der Waals surface area (Å²) in [7, 11) is 2.70. The number of hydrogen-bond acceptors (Lipinski definition) is 20. The Hall–Kier alpha value is -6.79. The van der Waals surface area contributed by atoms with Gasteiger partial charge in [0.2, 0.25) is 12.2 Å². The number of fused-ring (bicyclic) bond motifs is 2. The lowest BCUT2D eigenvalue weighted by molar-refractivity contribution is -0.343. The molecule has 0 unspecified atom stereocenters. The maximum Gasteiger partial charge on any atom is 0.223 e. The molecule has 0 bridgehead atoms. The Morgan fingerprint density at radius 3 is 1.97 bits per heavy atom. The number of aliphatic hydroxyl groups excluding tert-OH is 6. The van der Waals surface area contributed by atoms with Crippen molar-refractivity contribution in [3.8, 4) is 68.3 Å². The minimum Gasteiger partial charge on any atom is -0.508 e. The molecule has 0 spiro atoms. The van der Waals surface area contributed by atoms with Crippen LogP contribution in [0.3, 0.4) is 0 Å². The molecule has 67 heavy (non-hydrogen) atoms. The molecular formula is C46H45NO20. The molecule has 10 atom stereocenters. The molecule has 1 amide bonds. The number of amides is 1. The smallest absolute Gasteiger partial charge is 0.223 e. The Kier molecular flexibility index (Phi) is 13.1. The maximum atomic E-state index is 14.0. The van der Waals surface area contributed by atoms with Crippen molar-refractivity contribution in [3.05, 3.63) is 93.2 Å². The molecule has 2 aliphatic heterocycles. The Labute approximate surface area is 377 Å². The van der Waals surface area contributed by atoms with Crippen LogP contribution in [0.2, 0.25) is 0 Å². The molecule has 21 nitrogen and oxygen atoms in total. The minimum atomic E-state index is -1.93. The maximum absolute atomic E-state index is 14.0. The van der Waals surface area contributed by atoms with E-state index in [-0.39, 0.29) is 78.9 Å². The first-order valence-electron chi connectivity index (χ1n) is 20.6. The number of aromatic hydroxyl groups is 3. The van der Waals surface area contributed by atoms with E-state index >= 15 is 0 Å². The Balaban J connectivity index is 1.30. The van der Waals surface area contributed by atoms with Gasteiger partial charge in [-0.05, 0) is 42.5 Å². The van der Waals surface area contributed by atoms with Gasteiger partial charge < -0.3 is 88.5 Å². The highest BCUT2D eigenvalue weighted by Gasteiger charge is 2.52. The topological polar surface area (TPSA) is 327 Å². The molecule has 2 aromatic heterocycles. The molecule has 2 aliphatic rings. The number of benzene rings is 4. The van der Waals surface area contributed by atoms with Crippen molar-refractivity contribution in [2.75, 3.05) is 27.4 Å². The number of carbonyl (C=O) groups is 1. The summed E-state index contributed by atoms with van der Waals surface area (Å²) in [4.78, 5) is 40.2. The number of rotatable bonds is 12. The van der Waals surface area contributed by atoms with E-state index in [1.165, 1.54) is 62.8 Å². The lowest BCUT2D eigenvalue weighted by Gasteiger charge is -2.47. The molecule has 0 saturated carbocycles. The van der Waals surface area contributed by atoms with E-state index in [0.29, 0.717) is 5.56 Å². The van der Waals surface area contributed by atoms with Crippen LogP contribution in [0.5, 0.6) is 34.5 Å². The van der Waals surface area contributed by atoms with E-state index < -0.39 is 97.1 Å². The molecule has 8 rings (SSSR count). The third kappa shape index (κ3) is 8.82. The highest BCUT2D eigenvalue weighted by atomic mass is 16.7. The first kappa shape index (κ1) is 46.7. The van der Waals surface area contributed by atoms with Crippen LogP contribution in [0.25, 0.3) is 55.7 Å². The predicted octanol–water partition coefficient (Wildman–Crippen LogP) is 1.18. The van der Waals surface area contributed by atoms with Gasteiger partial charge in [-0.25, -0.2) is 0 Å². The van der Waals surface area contributed by atoms with E-state index in [1.54, 1.807) is 6.07 Å². The Morgan fingerprint density at radius 2 is 1.31 bits per heavy atom. The highest BCUT2D eigenvalue weighted by molar-refractivity contribution is 6.01. The van der Waals surface area contributed by atoms with Crippen LogP contribution in [0.15, 0.2) is 91.2 Å². The largest absolute Gasteiger partial charge is 0.508 e. The van der Waals surface area contributed by atoms with Crippen molar-refractivity contribution in [2.24, 2.45) is 0 Å². The Bertz CT molecular complexity index is 2930. The minimum absolute atomic E-state index is 0.00784. The van der Waals surface area contributed by atoms with E-state index in [4.69, 9.17) is 37.3 Å². The summed E-state index contributed by atoms with van der Waals surface area (Å²) in [6.07, 6.45) is -15.6. The quantitative estimate of drug-likeness (QED) is 0.0824. The van der Waals surface area contributed by atoms with Gasteiger partial charge in [0.25, 0.3) is 0 Å². The van der Waals surface area contributed by atoms with Crippen LogP contribution < -0.4 is 30.4 Å². The first-order valence-corrected chi connectivity index (χ1v) is 20.6. The normalized spacial score (nSPS) is 25.2. The van der Waals surface area contributed by atoms with Crippen molar-refractivity contribution >= 4 is 27.8 Å². The van der Waals surface area contributed by atoms with Crippen LogP contribution in [-0.2, 0) is 19.0 Å². The summed E-state index contributed by atoms with van der Waals surface area (Å²) in [5.74, 6) is -1.94. The number of nitrogens with one attached hydrogen (secondary N) is 1. The molecular weight excluding hydrogens is 886 g/mol. The van der Waals surface area contributed by atoms with Crippen molar-refractivity contribution in [2.45, 2.75) is 68.3 Å². The van der Waals surface area contributed by atoms with E-state index in [9.17, 15) is 60.3 Å². The first-order chi connectivity index (χ1) is 32.0. The lowest BCUT2D eigenvalue weighted by atomic mass is 9.95. The van der Waals surface area contributed by atoms with Gasteiger partial charge in [0.05, 0.1) is 33.0 Å². The van der Waals surface area contributed by atoms with Gasteiger partial charge in [-0.15, -0.1) is 0 Å². The van der Waals surface area contributed by atoms with E-state index in [0.717, 1.165) is 25.1 Å². The van der Waals surface area contributed by atoms with Gasteiger partial charge in [-0.1, -0.05) is 0 Å². The molecule has 0 aliphatic carbocycles. The molecule has 10 N–H and O–H groups in total. The van der Waals surface area contributed by atoms with Crippen LogP contribution in [-0.4, -0.2) is 141 Å². The zero-order chi connectivity index (χ0) is 48.0. The molecule has 4 heterocycles. The van der Waals surface area contributed by atoms with Gasteiger partial charge in [0.1, 0.15) is 111 Å². The molecule has 0 radical (unpaired) electrons. The number of ether oxygens (including phenoxy) is 6. The van der Waals surface area contributed by atoms with E-state index in [2.05, 4.69) is 5.32 Å². The van der Waals surface area contributed by atoms with Crippen molar-refractivity contribution < 1.29 is 88.0 Å². The number of methoxy groups -OCH3 is 2. The summed E-state index contributed by atoms with van der Waals surface area (Å²) in [6, 6.07) is 14.5. The SMILES string of the molecule is COc1cc(O)c2c(=O)cc(-c3ccc(OC)c(-c4c(O[C@@H]5O[C@H](CO)[C@@H](O[C@@H]6O[C@H](CO)[C@H](O)[C@H](O)[C@H]6O)[C@H](O)[C@H]5NC(C)=O)cc(O)c5c(=O)cc(-c6ccc(O)cc6)oc45)c3)oc2c1. The third-order valence-corrected chi connectivity index (χ3v) is 11.5. The second kappa shape index (κ2) is 18.8. The Morgan fingerprint density at radius 1 is 0.672 bits per heavy atom. The van der Waals surface area contributed by atoms with Crippen LogP contribution >= 0.6 is 0 Å². The number of aliphatic hydroxyl groups is 6. The average molecular weight is 932 g/mol. The van der Waals surface area contributed by atoms with Gasteiger partial charge in [-0.3, -0.25) is 14.4 Å².